The van der Waals surface area contributed by atoms with Crippen molar-refractivity contribution in [2.24, 2.45) is 0 Å². The molecule has 0 spiro atoms. The minimum Gasteiger partial charge on any atom is -0.253 e. The van der Waals surface area contributed by atoms with Crippen LogP contribution in [0.5, 0.6) is 0 Å². The van der Waals surface area contributed by atoms with Crippen molar-refractivity contribution in [3.8, 4) is 0 Å². The van der Waals surface area contributed by atoms with Crippen LogP contribution in [0.4, 0.5) is 0 Å². The van der Waals surface area contributed by atoms with Crippen LogP contribution in [0.25, 0.3) is 0 Å². The second-order valence-electron chi connectivity index (χ2n) is 2.52. The summed E-state index contributed by atoms with van der Waals surface area (Å²) in [6, 6.07) is 0. The topological polar surface area (TPSA) is 103 Å². The molecule has 78 valence electrons. The molecule has 1 aromatic heterocycles. The Morgan fingerprint density at radius 3 is 2.27 bits per heavy atom. The van der Waals surface area contributed by atoms with Crippen LogP contribution in [-0.2, 0) is 6.54 Å². The zero-order valence-corrected chi connectivity index (χ0v) is 7.52. The van der Waals surface area contributed by atoms with E-state index in [1.54, 1.807) is 12.4 Å². The summed E-state index contributed by atoms with van der Waals surface area (Å²) in [7, 11) is 0. The lowest BCUT2D eigenvalue weighted by Crippen LogP contribution is -2.32. The normalized spacial score (nSPS) is 9.33. The van der Waals surface area contributed by atoms with Gasteiger partial charge in [0.2, 0.25) is 0 Å². The number of allylic oxidation sites excluding steroid dienone is 1. The van der Waals surface area contributed by atoms with Gasteiger partial charge in [-0.3, -0.25) is 25.2 Å². The van der Waals surface area contributed by atoms with Crippen LogP contribution in [0.2, 0.25) is 0 Å². The van der Waals surface area contributed by atoms with E-state index in [4.69, 9.17) is 0 Å². The highest BCUT2D eigenvalue weighted by atomic mass is 16.7. The van der Waals surface area contributed by atoms with Gasteiger partial charge < -0.3 is 0 Å². The molecule has 0 aliphatic rings. The third kappa shape index (κ3) is 3.10. The maximum absolute atomic E-state index is 10.2. The average Bonchev–Trinajstić information content (AvgIpc) is 2.18. The van der Waals surface area contributed by atoms with Gasteiger partial charge >= 0.3 is 5.82 Å². The largest absolute Gasteiger partial charge is 0.560 e. The van der Waals surface area contributed by atoms with Crippen molar-refractivity contribution in [3.05, 3.63) is 56.9 Å². The van der Waals surface area contributed by atoms with E-state index in [9.17, 15) is 20.2 Å². The van der Waals surface area contributed by atoms with Gasteiger partial charge in [0, 0.05) is 0 Å². The molecular weight excluding hydrogens is 204 g/mol. The summed E-state index contributed by atoms with van der Waals surface area (Å²) in [5, 5.41) is 20.5. The molecule has 1 heterocycles. The van der Waals surface area contributed by atoms with Crippen molar-refractivity contribution in [2.75, 3.05) is 0 Å². The lowest BCUT2D eigenvalue weighted by Gasteiger charge is -1.88. The number of hydrogen-bond donors (Lipinski definition) is 0. The van der Waals surface area contributed by atoms with Gasteiger partial charge in [0.05, 0.1) is 12.4 Å². The summed E-state index contributed by atoms with van der Waals surface area (Å²) in [5.74, 6) is -1.03. The second kappa shape index (κ2) is 4.74. The van der Waals surface area contributed by atoms with E-state index in [2.05, 4.69) is 4.98 Å². The summed E-state index contributed by atoms with van der Waals surface area (Å²) >= 11 is 0. The van der Waals surface area contributed by atoms with Crippen LogP contribution in [0, 0.1) is 20.2 Å². The van der Waals surface area contributed by atoms with E-state index in [0.717, 1.165) is 6.08 Å². The van der Waals surface area contributed by atoms with Crippen LogP contribution >= 0.6 is 0 Å². The molecule has 1 aromatic rings. The Hall–Kier alpha value is -2.38. The lowest BCUT2D eigenvalue weighted by atomic mass is 10.5. The van der Waals surface area contributed by atoms with Crippen molar-refractivity contribution in [3.63, 3.8) is 0 Å². The van der Waals surface area contributed by atoms with E-state index in [1.165, 1.54) is 17.0 Å². The molecule has 0 aliphatic heterocycles. The molecule has 0 amide bonds. The number of nitro groups is 2. The molecule has 0 fully saturated rings. The second-order valence-corrected chi connectivity index (χ2v) is 2.52. The monoisotopic (exact) mass is 211 g/mol. The van der Waals surface area contributed by atoms with Gasteiger partial charge in [-0.05, 0) is 0 Å². The van der Waals surface area contributed by atoms with Gasteiger partial charge in [0.1, 0.15) is 15.9 Å². The van der Waals surface area contributed by atoms with Gasteiger partial charge in [0.15, 0.2) is 18.9 Å². The van der Waals surface area contributed by atoms with Gasteiger partial charge in [-0.2, -0.15) is 4.57 Å². The number of hydrogen-bond acceptors (Lipinski definition) is 5. The smallest absolute Gasteiger partial charge is 0.253 e. The zero-order valence-electron chi connectivity index (χ0n) is 7.52. The molecule has 0 bridgehead atoms. The minimum absolute atomic E-state index is 0.0554. The van der Waals surface area contributed by atoms with Crippen molar-refractivity contribution in [2.45, 2.75) is 6.54 Å². The first-order chi connectivity index (χ1) is 7.11. The average molecular weight is 211 g/mol. The molecule has 0 aromatic carbocycles. The third-order valence-corrected chi connectivity index (χ3v) is 1.55. The predicted molar refractivity (Wildman–Crippen MR) is 46.5 cm³/mol. The van der Waals surface area contributed by atoms with Crippen molar-refractivity contribution < 1.29 is 14.4 Å². The van der Waals surface area contributed by atoms with E-state index < -0.39 is 15.7 Å². The Labute approximate surface area is 83.8 Å². The molecule has 8 nitrogen and oxygen atoms in total. The summed E-state index contributed by atoms with van der Waals surface area (Å²) in [6.07, 6.45) is 6.99. The number of rotatable bonds is 4. The Balaban J connectivity index is 2.79. The first-order valence-electron chi connectivity index (χ1n) is 3.89. The number of nitrogens with zero attached hydrogens (tertiary/aromatic N) is 4. The van der Waals surface area contributed by atoms with E-state index in [0.29, 0.717) is 0 Å². The molecular formula is C7H7N4O4+. The van der Waals surface area contributed by atoms with Gasteiger partial charge in [-0.1, -0.05) is 0 Å². The highest BCUT2D eigenvalue weighted by molar-refractivity contribution is 4.78. The molecule has 15 heavy (non-hydrogen) atoms. The molecule has 0 atom stereocenters. The number of aromatic nitrogens is 2. The molecule has 0 aliphatic carbocycles. The van der Waals surface area contributed by atoms with Gasteiger partial charge in [0.25, 0.3) is 0 Å². The molecule has 0 radical (unpaired) electrons. The van der Waals surface area contributed by atoms with E-state index in [1.807, 2.05) is 0 Å². The van der Waals surface area contributed by atoms with E-state index >= 15 is 0 Å². The minimum atomic E-state index is -1.03. The van der Waals surface area contributed by atoms with Crippen LogP contribution in [-0.4, -0.2) is 14.8 Å². The summed E-state index contributed by atoms with van der Waals surface area (Å²) < 4.78 is 1.53. The zero-order chi connectivity index (χ0) is 11.3. The Morgan fingerprint density at radius 2 is 1.80 bits per heavy atom. The van der Waals surface area contributed by atoms with Crippen molar-refractivity contribution in [1.29, 1.82) is 0 Å². The molecule has 1 rings (SSSR count). The van der Waals surface area contributed by atoms with Crippen molar-refractivity contribution >= 4 is 0 Å². The summed E-state index contributed by atoms with van der Waals surface area (Å²) in [6.45, 7) is 0.0554. The first kappa shape index (κ1) is 10.7. The first-order valence-corrected chi connectivity index (χ1v) is 3.89. The molecule has 0 saturated carbocycles. The Bertz CT molecular complexity index is 387. The highest BCUT2D eigenvalue weighted by Crippen LogP contribution is 1.95. The SMILES string of the molecule is O=[N+]([O-])C(=CC[n+]1ccncc1)[N+](=O)[O-]. The molecule has 0 saturated heterocycles. The molecule has 0 unspecified atom stereocenters. The van der Waals surface area contributed by atoms with Crippen LogP contribution < -0.4 is 4.57 Å². The summed E-state index contributed by atoms with van der Waals surface area (Å²) in [4.78, 5) is 22.2. The quantitative estimate of drug-likeness (QED) is 0.388. The fraction of sp³-hybridized carbons (Fsp3) is 0.143. The van der Waals surface area contributed by atoms with Crippen LogP contribution in [0.1, 0.15) is 0 Å². The fourth-order valence-electron chi connectivity index (χ4n) is 0.872. The summed E-state index contributed by atoms with van der Waals surface area (Å²) in [5.41, 5.74) is 0. The van der Waals surface area contributed by atoms with Crippen LogP contribution in [0.3, 0.4) is 0 Å². The van der Waals surface area contributed by atoms with Gasteiger partial charge in [-0.15, -0.1) is 0 Å². The predicted octanol–water partition coefficient (Wildman–Crippen LogP) is -0.236. The molecule has 8 heteroatoms. The van der Waals surface area contributed by atoms with E-state index in [-0.39, 0.29) is 6.54 Å². The van der Waals surface area contributed by atoms with Gasteiger partial charge in [-0.25, -0.2) is 0 Å². The Morgan fingerprint density at radius 1 is 1.27 bits per heavy atom. The standard InChI is InChI=1S/C7H7N4O4/c12-10(13)7(11(14)15)1-4-9-5-2-8-3-6-9/h1-3,5-6H,4H2/q+1. The lowest BCUT2D eigenvalue weighted by molar-refractivity contribution is -0.690. The maximum atomic E-state index is 10.2. The van der Waals surface area contributed by atoms with Crippen molar-refractivity contribution in [1.82, 2.24) is 4.98 Å². The molecule has 0 N–H and O–H groups in total. The van der Waals surface area contributed by atoms with Crippen LogP contribution in [0.15, 0.2) is 36.7 Å². The Kier molecular flexibility index (Phi) is 3.38. The highest BCUT2D eigenvalue weighted by Gasteiger charge is 2.25. The maximum Gasteiger partial charge on any atom is 0.560 e. The fourth-order valence-corrected chi connectivity index (χ4v) is 0.872. The third-order valence-electron chi connectivity index (χ3n) is 1.55.